The van der Waals surface area contributed by atoms with Crippen molar-refractivity contribution >= 4 is 38.9 Å². The fraction of sp³-hybridized carbons (Fsp3) is 0.0435. The van der Waals surface area contributed by atoms with Gasteiger partial charge in [0, 0.05) is 33.5 Å². The van der Waals surface area contributed by atoms with E-state index in [1.165, 1.54) is 94.1 Å². The number of nitrogens with zero attached hydrogens (tertiary/aromatic N) is 2. The summed E-state index contributed by atoms with van der Waals surface area (Å²) in [5, 5.41) is 2.53. The number of aryl methyl sites for hydroxylation is 2. The third kappa shape index (κ3) is 6.86. The molecule has 1 aromatic heterocycles. The number of hydrogen-bond acceptors (Lipinski definition) is 1. The quantitative estimate of drug-likeness (QED) is 0.140. The van der Waals surface area contributed by atoms with Crippen molar-refractivity contribution in [3.05, 3.63) is 300 Å². The van der Waals surface area contributed by atoms with Crippen LogP contribution in [0.5, 0.6) is 0 Å². The molecule has 0 spiro atoms. The minimum Gasteiger partial charge on any atom is -0.310 e. The molecule has 336 valence electrons. The first-order chi connectivity index (χ1) is 35.1. The topological polar surface area (TPSA) is 8.17 Å². The highest BCUT2D eigenvalue weighted by Gasteiger charge is 2.46. The zero-order valence-electron chi connectivity index (χ0n) is 39.8. The Hall–Kier alpha value is -8.98. The number of aromatic nitrogens is 1. The van der Waals surface area contributed by atoms with Crippen molar-refractivity contribution in [1.82, 2.24) is 4.57 Å². The summed E-state index contributed by atoms with van der Waals surface area (Å²) in [6, 6.07) is 98.2. The largest absolute Gasteiger partial charge is 0.310 e. The molecule has 0 amide bonds. The summed E-state index contributed by atoms with van der Waals surface area (Å²) in [6.07, 6.45) is 0. The van der Waals surface area contributed by atoms with Crippen LogP contribution >= 0.6 is 0 Å². The van der Waals surface area contributed by atoms with Gasteiger partial charge in [-0.15, -0.1) is 0 Å². The van der Waals surface area contributed by atoms with Gasteiger partial charge >= 0.3 is 0 Å². The number of fused-ring (bicyclic) bond motifs is 6. The van der Waals surface area contributed by atoms with Crippen LogP contribution in [-0.2, 0) is 5.41 Å². The number of hydrogen-bond donors (Lipinski definition) is 0. The summed E-state index contributed by atoms with van der Waals surface area (Å²) in [4.78, 5) is 2.42. The molecule has 12 aromatic rings. The first-order valence-corrected chi connectivity index (χ1v) is 24.7. The van der Waals surface area contributed by atoms with Crippen molar-refractivity contribution in [2.24, 2.45) is 0 Å². The Morgan fingerprint density at radius 1 is 0.338 bits per heavy atom. The van der Waals surface area contributed by atoms with Crippen LogP contribution in [0.3, 0.4) is 0 Å². The van der Waals surface area contributed by atoms with Crippen LogP contribution in [0.2, 0.25) is 0 Å². The number of benzene rings is 11. The smallest absolute Gasteiger partial charge is 0.0714 e. The molecular weight excluding hydrogens is 857 g/mol. The second-order valence-corrected chi connectivity index (χ2v) is 18.9. The summed E-state index contributed by atoms with van der Waals surface area (Å²) in [6.45, 7) is 4.48. The fourth-order valence-corrected chi connectivity index (χ4v) is 11.7. The summed E-state index contributed by atoms with van der Waals surface area (Å²) >= 11 is 0. The zero-order chi connectivity index (χ0) is 47.5. The van der Waals surface area contributed by atoms with E-state index in [9.17, 15) is 0 Å². The molecule has 0 fully saturated rings. The summed E-state index contributed by atoms with van der Waals surface area (Å²) in [7, 11) is 0. The predicted octanol–water partition coefficient (Wildman–Crippen LogP) is 18.2. The van der Waals surface area contributed by atoms with Gasteiger partial charge in [-0.1, -0.05) is 212 Å². The molecule has 1 aliphatic rings. The van der Waals surface area contributed by atoms with Gasteiger partial charge in [-0.3, -0.25) is 0 Å². The van der Waals surface area contributed by atoms with Gasteiger partial charge in [0.25, 0.3) is 0 Å². The highest BCUT2D eigenvalue weighted by atomic mass is 15.1. The maximum absolute atomic E-state index is 2.45. The SMILES string of the molecule is Cc1ccccc1-c1ccc2c3ccccc3n(-c3ccc(-c4ccc(N(c5ccc(-c6ccccc6)cc5)c5ccc6c(c5)C(c5ccccc5)(c5ccccc5)c5ccccc5-6)cc4)cc3)c2c1C. The van der Waals surface area contributed by atoms with E-state index in [0.29, 0.717) is 0 Å². The van der Waals surface area contributed by atoms with E-state index in [0.717, 1.165) is 28.3 Å². The molecule has 0 unspecified atom stereocenters. The molecule has 0 N–H and O–H groups in total. The van der Waals surface area contributed by atoms with Crippen LogP contribution < -0.4 is 4.90 Å². The lowest BCUT2D eigenvalue weighted by atomic mass is 9.67. The van der Waals surface area contributed by atoms with Gasteiger partial charge in [0.05, 0.1) is 16.4 Å². The Kier molecular flexibility index (Phi) is 10.2. The van der Waals surface area contributed by atoms with Gasteiger partial charge in [0.1, 0.15) is 0 Å². The molecule has 2 nitrogen and oxygen atoms in total. The Bertz CT molecular complexity index is 3870. The molecule has 0 bridgehead atoms. The van der Waals surface area contributed by atoms with Gasteiger partial charge in [-0.05, 0) is 146 Å². The van der Waals surface area contributed by atoms with Crippen molar-refractivity contribution in [3.63, 3.8) is 0 Å². The second-order valence-electron chi connectivity index (χ2n) is 18.9. The van der Waals surface area contributed by atoms with Crippen LogP contribution in [0.25, 0.3) is 72.0 Å². The van der Waals surface area contributed by atoms with E-state index in [2.05, 4.69) is 290 Å². The maximum atomic E-state index is 2.45. The number of rotatable bonds is 9. The van der Waals surface area contributed by atoms with Crippen LogP contribution in [0.15, 0.2) is 267 Å². The van der Waals surface area contributed by atoms with E-state index in [1.54, 1.807) is 0 Å². The van der Waals surface area contributed by atoms with Crippen molar-refractivity contribution in [2.45, 2.75) is 19.3 Å². The molecule has 71 heavy (non-hydrogen) atoms. The molecule has 0 aliphatic heterocycles. The third-order valence-electron chi connectivity index (χ3n) is 15.0. The van der Waals surface area contributed by atoms with Crippen molar-refractivity contribution < 1.29 is 0 Å². The van der Waals surface area contributed by atoms with Crippen LogP contribution in [-0.4, -0.2) is 4.57 Å². The molecule has 0 saturated heterocycles. The Labute approximate surface area is 416 Å². The Balaban J connectivity index is 0.920. The van der Waals surface area contributed by atoms with Crippen LogP contribution in [0.1, 0.15) is 33.4 Å². The lowest BCUT2D eigenvalue weighted by Crippen LogP contribution is -2.28. The van der Waals surface area contributed by atoms with E-state index in [-0.39, 0.29) is 0 Å². The fourth-order valence-electron chi connectivity index (χ4n) is 11.7. The molecular formula is C69H50N2. The monoisotopic (exact) mass is 906 g/mol. The third-order valence-corrected chi connectivity index (χ3v) is 15.0. The highest BCUT2D eigenvalue weighted by molar-refractivity contribution is 6.11. The minimum absolute atomic E-state index is 0.509. The van der Waals surface area contributed by atoms with Crippen molar-refractivity contribution in [1.29, 1.82) is 0 Å². The number of para-hydroxylation sites is 1. The van der Waals surface area contributed by atoms with Crippen molar-refractivity contribution in [3.8, 4) is 50.2 Å². The molecule has 13 rings (SSSR count). The van der Waals surface area contributed by atoms with Gasteiger partial charge in [-0.25, -0.2) is 0 Å². The predicted molar refractivity (Wildman–Crippen MR) is 299 cm³/mol. The average Bonchev–Trinajstić information content (AvgIpc) is 3.94. The molecule has 1 aliphatic carbocycles. The van der Waals surface area contributed by atoms with E-state index >= 15 is 0 Å². The summed E-state index contributed by atoms with van der Waals surface area (Å²) < 4.78 is 2.45. The van der Waals surface area contributed by atoms with Crippen LogP contribution in [0, 0.1) is 13.8 Å². The lowest BCUT2D eigenvalue weighted by molar-refractivity contribution is 0.768. The van der Waals surface area contributed by atoms with Gasteiger partial charge in [0.2, 0.25) is 0 Å². The zero-order valence-corrected chi connectivity index (χ0v) is 39.8. The van der Waals surface area contributed by atoms with Gasteiger partial charge in [-0.2, -0.15) is 0 Å². The molecule has 2 heteroatoms. The Morgan fingerprint density at radius 2 is 0.817 bits per heavy atom. The van der Waals surface area contributed by atoms with E-state index < -0.39 is 5.41 Å². The number of anilines is 3. The van der Waals surface area contributed by atoms with Crippen molar-refractivity contribution in [2.75, 3.05) is 4.90 Å². The molecule has 0 radical (unpaired) electrons. The minimum atomic E-state index is -0.509. The molecule has 0 saturated carbocycles. The average molecular weight is 907 g/mol. The maximum Gasteiger partial charge on any atom is 0.0714 e. The van der Waals surface area contributed by atoms with Crippen LogP contribution in [0.4, 0.5) is 17.1 Å². The van der Waals surface area contributed by atoms with E-state index in [1.807, 2.05) is 0 Å². The second kappa shape index (κ2) is 17.2. The normalized spacial score (nSPS) is 12.5. The molecule has 1 heterocycles. The lowest BCUT2D eigenvalue weighted by Gasteiger charge is -2.35. The molecule has 0 atom stereocenters. The van der Waals surface area contributed by atoms with Gasteiger partial charge < -0.3 is 9.47 Å². The first-order valence-electron chi connectivity index (χ1n) is 24.7. The molecule has 11 aromatic carbocycles. The summed E-state index contributed by atoms with van der Waals surface area (Å²) in [5.41, 5.74) is 23.8. The van der Waals surface area contributed by atoms with E-state index in [4.69, 9.17) is 0 Å². The highest BCUT2D eigenvalue weighted by Crippen LogP contribution is 2.57. The summed E-state index contributed by atoms with van der Waals surface area (Å²) in [5.74, 6) is 0. The van der Waals surface area contributed by atoms with Gasteiger partial charge in [0.15, 0.2) is 0 Å². The first kappa shape index (κ1) is 42.1. The Morgan fingerprint density at radius 3 is 1.45 bits per heavy atom. The standard InChI is InChI=1S/C69H50N2/c1-47-18-12-13-25-59(47)60-44-45-64-63-27-15-17-29-67(63)71(68(64)48(60)2)57-40-34-52(35-41-57)51-32-38-56(39-33-51)70(55-36-30-50(31-37-55)49-19-6-3-7-20-49)58-42-43-62-61-26-14-16-28-65(61)69(66(62)46-58,53-21-8-4-9-22-53)54-23-10-5-11-24-54/h3-46H,1-2H3.